The predicted octanol–water partition coefficient (Wildman–Crippen LogP) is 5.02. The van der Waals surface area contributed by atoms with Crippen molar-refractivity contribution >= 4 is 23.3 Å². The van der Waals surface area contributed by atoms with Gasteiger partial charge < -0.3 is 14.8 Å². The highest BCUT2D eigenvalue weighted by Gasteiger charge is 2.13. The molecule has 0 aromatic heterocycles. The molecule has 2 aromatic carbocycles. The van der Waals surface area contributed by atoms with Crippen molar-refractivity contribution in [3.8, 4) is 5.75 Å². The molecule has 0 atom stereocenters. The lowest BCUT2D eigenvalue weighted by molar-refractivity contribution is -0.147. The van der Waals surface area contributed by atoms with Crippen LogP contribution >= 0.6 is 0 Å². The Morgan fingerprint density at radius 2 is 1.68 bits per heavy atom. The summed E-state index contributed by atoms with van der Waals surface area (Å²) in [7, 11) is 0. The zero-order valence-electron chi connectivity index (χ0n) is 18.5. The van der Waals surface area contributed by atoms with Crippen LogP contribution in [-0.4, -0.2) is 30.9 Å². The van der Waals surface area contributed by atoms with E-state index < -0.39 is 11.9 Å². The lowest BCUT2D eigenvalue weighted by atomic mass is 10.1. The maximum absolute atomic E-state index is 12.3. The van der Waals surface area contributed by atoms with E-state index in [4.69, 9.17) is 9.47 Å². The van der Waals surface area contributed by atoms with E-state index in [9.17, 15) is 14.4 Å². The number of amides is 1. The van der Waals surface area contributed by atoms with Crippen LogP contribution < -0.4 is 10.1 Å². The molecule has 2 rings (SSSR count). The zero-order valence-corrected chi connectivity index (χ0v) is 18.5. The summed E-state index contributed by atoms with van der Waals surface area (Å²) in [6, 6.07) is 12.6. The van der Waals surface area contributed by atoms with Gasteiger partial charge in [0.25, 0.3) is 5.91 Å². The third-order valence-electron chi connectivity index (χ3n) is 4.78. The topological polar surface area (TPSA) is 81.7 Å². The molecular weight excluding hydrogens is 394 g/mol. The third kappa shape index (κ3) is 8.62. The van der Waals surface area contributed by atoms with Crippen molar-refractivity contribution < 1.29 is 23.9 Å². The number of carbonyl (C=O) groups excluding carboxylic acids is 3. The molecule has 0 bridgehead atoms. The molecule has 6 heteroatoms. The minimum Gasteiger partial charge on any atom is -0.494 e. The van der Waals surface area contributed by atoms with Gasteiger partial charge in [0.15, 0.2) is 12.4 Å². The van der Waals surface area contributed by atoms with E-state index in [1.807, 2.05) is 32.0 Å². The Balaban J connectivity index is 1.71. The Hall–Kier alpha value is -3.15. The fourth-order valence-corrected chi connectivity index (χ4v) is 2.91. The van der Waals surface area contributed by atoms with Gasteiger partial charge >= 0.3 is 5.97 Å². The Labute approximate surface area is 183 Å². The van der Waals surface area contributed by atoms with E-state index in [-0.39, 0.29) is 25.2 Å². The molecule has 0 unspecified atom stereocenters. The van der Waals surface area contributed by atoms with Gasteiger partial charge in [-0.3, -0.25) is 14.4 Å². The lowest BCUT2D eigenvalue weighted by Crippen LogP contribution is -2.21. The van der Waals surface area contributed by atoms with Crippen LogP contribution in [0.3, 0.4) is 0 Å². The van der Waals surface area contributed by atoms with Crippen molar-refractivity contribution in [2.24, 2.45) is 0 Å². The highest BCUT2D eigenvalue weighted by atomic mass is 16.5. The molecule has 0 spiro atoms. The van der Waals surface area contributed by atoms with E-state index in [2.05, 4.69) is 12.2 Å². The molecule has 1 N–H and O–H groups in total. The monoisotopic (exact) mass is 425 g/mol. The van der Waals surface area contributed by atoms with E-state index >= 15 is 0 Å². The van der Waals surface area contributed by atoms with Crippen LogP contribution in [0.25, 0.3) is 0 Å². The van der Waals surface area contributed by atoms with E-state index in [1.165, 1.54) is 0 Å². The smallest absolute Gasteiger partial charge is 0.306 e. The first-order valence-corrected chi connectivity index (χ1v) is 10.7. The summed E-state index contributed by atoms with van der Waals surface area (Å²) in [4.78, 5) is 36.2. The quantitative estimate of drug-likeness (QED) is 0.293. The molecule has 166 valence electrons. The van der Waals surface area contributed by atoms with Gasteiger partial charge in [-0.2, -0.15) is 0 Å². The maximum Gasteiger partial charge on any atom is 0.306 e. The van der Waals surface area contributed by atoms with Crippen molar-refractivity contribution in [2.75, 3.05) is 18.5 Å². The maximum atomic E-state index is 12.3. The third-order valence-corrected chi connectivity index (χ3v) is 4.78. The second kappa shape index (κ2) is 12.5. The number of anilines is 1. The van der Waals surface area contributed by atoms with Crippen LogP contribution in [0.15, 0.2) is 42.5 Å². The van der Waals surface area contributed by atoms with Gasteiger partial charge in [-0.05, 0) is 61.7 Å². The lowest BCUT2D eigenvalue weighted by Gasteiger charge is -2.10. The number of Topliss-reactive ketones (excluding diaryl/α,β-unsaturated/α-hetero) is 1. The highest BCUT2D eigenvalue weighted by molar-refractivity contribution is 5.98. The van der Waals surface area contributed by atoms with Gasteiger partial charge in [-0.15, -0.1) is 0 Å². The van der Waals surface area contributed by atoms with Crippen molar-refractivity contribution in [2.45, 2.75) is 52.9 Å². The van der Waals surface area contributed by atoms with Crippen molar-refractivity contribution in [3.05, 3.63) is 59.2 Å². The summed E-state index contributed by atoms with van der Waals surface area (Å²) in [6.45, 7) is 6.23. The van der Waals surface area contributed by atoms with Gasteiger partial charge in [0.1, 0.15) is 5.75 Å². The number of ether oxygens (including phenoxy) is 2. The molecular formula is C25H31NO5. The molecule has 0 aliphatic heterocycles. The molecule has 0 heterocycles. The van der Waals surface area contributed by atoms with Crippen LogP contribution in [-0.2, 0) is 14.3 Å². The summed E-state index contributed by atoms with van der Waals surface area (Å²) < 4.78 is 10.6. The molecule has 0 saturated heterocycles. The van der Waals surface area contributed by atoms with Gasteiger partial charge in [-0.25, -0.2) is 0 Å². The Morgan fingerprint density at radius 3 is 2.39 bits per heavy atom. The predicted molar refractivity (Wildman–Crippen MR) is 121 cm³/mol. The summed E-state index contributed by atoms with van der Waals surface area (Å²) in [5, 5.41) is 2.73. The van der Waals surface area contributed by atoms with Crippen molar-refractivity contribution in [1.82, 2.24) is 0 Å². The van der Waals surface area contributed by atoms with Crippen LogP contribution in [0.4, 0.5) is 5.69 Å². The fraction of sp³-hybridized carbons (Fsp3) is 0.400. The van der Waals surface area contributed by atoms with Crippen molar-refractivity contribution in [1.29, 1.82) is 0 Å². The van der Waals surface area contributed by atoms with E-state index in [1.54, 1.807) is 24.3 Å². The second-order valence-corrected chi connectivity index (χ2v) is 7.53. The first-order valence-electron chi connectivity index (χ1n) is 10.7. The SMILES string of the molecule is CCCCCOc1ccc(C(=O)CCC(=O)OCC(=O)Nc2cc(C)ccc2C)cc1. The van der Waals surface area contributed by atoms with Gasteiger partial charge in [0.2, 0.25) is 0 Å². The first kappa shape index (κ1) is 24.1. The van der Waals surface area contributed by atoms with Crippen LogP contribution in [0.1, 0.15) is 60.5 Å². The standard InChI is InChI=1S/C25H31NO5/c1-4-5-6-15-30-21-11-9-20(10-12-21)23(27)13-14-25(29)31-17-24(28)26-22-16-18(2)7-8-19(22)3/h7-12,16H,4-6,13-15,17H2,1-3H3,(H,26,28). The van der Waals surface area contributed by atoms with E-state index in [0.29, 0.717) is 17.9 Å². The van der Waals surface area contributed by atoms with Crippen LogP contribution in [0.2, 0.25) is 0 Å². The number of esters is 1. The molecule has 0 fully saturated rings. The molecule has 0 aliphatic rings. The highest BCUT2D eigenvalue weighted by Crippen LogP contribution is 2.17. The normalized spacial score (nSPS) is 10.4. The Kier molecular flexibility index (Phi) is 9.75. The largest absolute Gasteiger partial charge is 0.494 e. The molecule has 0 aliphatic carbocycles. The summed E-state index contributed by atoms with van der Waals surface area (Å²) in [6.07, 6.45) is 3.21. The summed E-state index contributed by atoms with van der Waals surface area (Å²) in [5.41, 5.74) is 3.15. The Morgan fingerprint density at radius 1 is 0.935 bits per heavy atom. The molecule has 0 radical (unpaired) electrons. The molecule has 31 heavy (non-hydrogen) atoms. The molecule has 1 amide bonds. The number of ketones is 1. The number of rotatable bonds is 12. The number of hydrogen-bond acceptors (Lipinski definition) is 5. The molecule has 0 saturated carbocycles. The molecule has 2 aromatic rings. The summed E-state index contributed by atoms with van der Waals surface area (Å²) >= 11 is 0. The number of aryl methyl sites for hydroxylation is 2. The van der Waals surface area contributed by atoms with Gasteiger partial charge in [0, 0.05) is 17.7 Å². The number of benzene rings is 2. The summed E-state index contributed by atoms with van der Waals surface area (Å²) in [5.74, 6) is -0.431. The molecule has 6 nitrogen and oxygen atoms in total. The average Bonchev–Trinajstić information content (AvgIpc) is 2.76. The number of unbranched alkanes of at least 4 members (excludes halogenated alkanes) is 2. The van der Waals surface area contributed by atoms with Crippen LogP contribution in [0, 0.1) is 13.8 Å². The zero-order chi connectivity index (χ0) is 22.6. The number of carbonyl (C=O) groups is 3. The minimum atomic E-state index is -0.583. The number of nitrogens with one attached hydrogen (secondary N) is 1. The second-order valence-electron chi connectivity index (χ2n) is 7.53. The first-order chi connectivity index (χ1) is 14.9. The van der Waals surface area contributed by atoms with Crippen LogP contribution in [0.5, 0.6) is 5.75 Å². The Bertz CT molecular complexity index is 889. The minimum absolute atomic E-state index is 0.0220. The average molecular weight is 426 g/mol. The van der Waals surface area contributed by atoms with Gasteiger partial charge in [-0.1, -0.05) is 31.9 Å². The van der Waals surface area contributed by atoms with Gasteiger partial charge in [0.05, 0.1) is 13.0 Å². The number of hydrogen-bond donors (Lipinski definition) is 1. The van der Waals surface area contributed by atoms with E-state index in [0.717, 1.165) is 36.1 Å². The van der Waals surface area contributed by atoms with Crippen molar-refractivity contribution in [3.63, 3.8) is 0 Å². The fourth-order valence-electron chi connectivity index (χ4n) is 2.91.